The Bertz CT molecular complexity index is 375. The van der Waals surface area contributed by atoms with Crippen molar-refractivity contribution in [2.24, 2.45) is 0 Å². The summed E-state index contributed by atoms with van der Waals surface area (Å²) in [7, 11) is 1.72. The Labute approximate surface area is 109 Å². The smallest absolute Gasteiger partial charge is 0.123 e. The first-order valence-corrected chi connectivity index (χ1v) is 6.76. The average molecular weight is 249 g/mol. The molecule has 0 saturated heterocycles. The van der Waals surface area contributed by atoms with Gasteiger partial charge < -0.3 is 14.8 Å². The third-order valence-electron chi connectivity index (χ3n) is 3.42. The van der Waals surface area contributed by atoms with E-state index in [-0.39, 0.29) is 5.60 Å². The van der Waals surface area contributed by atoms with Crippen LogP contribution in [0.3, 0.4) is 0 Å². The SMILES string of the molecule is CCc1ccccc1OC1(CNCCOC)CC1. The highest BCUT2D eigenvalue weighted by Crippen LogP contribution is 2.40. The maximum atomic E-state index is 6.21. The van der Waals surface area contributed by atoms with Gasteiger partial charge in [-0.2, -0.15) is 0 Å². The minimum Gasteiger partial charge on any atom is -0.486 e. The topological polar surface area (TPSA) is 30.5 Å². The molecule has 18 heavy (non-hydrogen) atoms. The minimum atomic E-state index is 0.0268. The summed E-state index contributed by atoms with van der Waals surface area (Å²) >= 11 is 0. The summed E-state index contributed by atoms with van der Waals surface area (Å²) < 4.78 is 11.2. The molecule has 0 spiro atoms. The van der Waals surface area contributed by atoms with Crippen molar-refractivity contribution in [3.8, 4) is 5.75 Å². The molecule has 0 heterocycles. The number of para-hydroxylation sites is 1. The van der Waals surface area contributed by atoms with Crippen molar-refractivity contribution in [1.29, 1.82) is 0 Å². The van der Waals surface area contributed by atoms with Crippen LogP contribution in [0, 0.1) is 0 Å². The van der Waals surface area contributed by atoms with Crippen molar-refractivity contribution >= 4 is 0 Å². The van der Waals surface area contributed by atoms with E-state index in [0.29, 0.717) is 0 Å². The lowest BCUT2D eigenvalue weighted by atomic mass is 10.1. The van der Waals surface area contributed by atoms with Gasteiger partial charge in [-0.25, -0.2) is 0 Å². The molecular formula is C15H23NO2. The number of hydrogen-bond donors (Lipinski definition) is 1. The summed E-state index contributed by atoms with van der Waals surface area (Å²) in [6.45, 7) is 4.71. The van der Waals surface area contributed by atoms with Crippen LogP contribution >= 0.6 is 0 Å². The second-order valence-electron chi connectivity index (χ2n) is 4.92. The monoisotopic (exact) mass is 249 g/mol. The Hall–Kier alpha value is -1.06. The molecule has 1 aromatic rings. The van der Waals surface area contributed by atoms with E-state index in [4.69, 9.17) is 9.47 Å². The van der Waals surface area contributed by atoms with Gasteiger partial charge in [0.05, 0.1) is 6.61 Å². The van der Waals surface area contributed by atoms with E-state index >= 15 is 0 Å². The summed E-state index contributed by atoms with van der Waals surface area (Å²) in [5.74, 6) is 1.05. The normalized spacial score (nSPS) is 16.6. The highest BCUT2D eigenvalue weighted by Gasteiger charge is 2.45. The lowest BCUT2D eigenvalue weighted by molar-refractivity contribution is 0.161. The first-order valence-electron chi connectivity index (χ1n) is 6.76. The molecule has 1 aromatic carbocycles. The van der Waals surface area contributed by atoms with E-state index in [1.165, 1.54) is 5.56 Å². The highest BCUT2D eigenvalue weighted by molar-refractivity contribution is 5.34. The predicted molar refractivity (Wildman–Crippen MR) is 73.2 cm³/mol. The van der Waals surface area contributed by atoms with Crippen LogP contribution in [0.15, 0.2) is 24.3 Å². The molecule has 0 aromatic heterocycles. The van der Waals surface area contributed by atoms with Gasteiger partial charge in [0.2, 0.25) is 0 Å². The Morgan fingerprint density at radius 1 is 1.28 bits per heavy atom. The number of ether oxygens (including phenoxy) is 2. The predicted octanol–water partition coefficient (Wildman–Crippen LogP) is 2.40. The lowest BCUT2D eigenvalue weighted by Crippen LogP contribution is -2.35. The zero-order valence-corrected chi connectivity index (χ0v) is 11.4. The van der Waals surface area contributed by atoms with Crippen LogP contribution in [-0.2, 0) is 11.2 Å². The van der Waals surface area contributed by atoms with Gasteiger partial charge in [-0.05, 0) is 30.9 Å². The van der Waals surface area contributed by atoms with Crippen molar-refractivity contribution < 1.29 is 9.47 Å². The fourth-order valence-electron chi connectivity index (χ4n) is 2.07. The zero-order valence-electron chi connectivity index (χ0n) is 11.4. The molecule has 0 unspecified atom stereocenters. The Morgan fingerprint density at radius 2 is 2.06 bits per heavy atom. The van der Waals surface area contributed by atoms with Crippen molar-refractivity contribution in [2.45, 2.75) is 31.8 Å². The number of nitrogens with one attached hydrogen (secondary N) is 1. The minimum absolute atomic E-state index is 0.0268. The zero-order chi connectivity index (χ0) is 12.8. The van der Waals surface area contributed by atoms with Gasteiger partial charge in [-0.1, -0.05) is 25.1 Å². The molecule has 0 bridgehead atoms. The molecule has 0 atom stereocenters. The van der Waals surface area contributed by atoms with Crippen LogP contribution in [0.2, 0.25) is 0 Å². The van der Waals surface area contributed by atoms with E-state index in [9.17, 15) is 0 Å². The van der Waals surface area contributed by atoms with E-state index in [1.807, 2.05) is 6.07 Å². The molecule has 1 N–H and O–H groups in total. The summed E-state index contributed by atoms with van der Waals surface area (Å²) in [5, 5.41) is 3.40. The van der Waals surface area contributed by atoms with Gasteiger partial charge >= 0.3 is 0 Å². The quantitative estimate of drug-likeness (QED) is 0.718. The maximum Gasteiger partial charge on any atom is 0.123 e. The molecule has 3 nitrogen and oxygen atoms in total. The lowest BCUT2D eigenvalue weighted by Gasteiger charge is -2.20. The van der Waals surface area contributed by atoms with Crippen LogP contribution < -0.4 is 10.1 Å². The molecule has 1 saturated carbocycles. The number of aryl methyl sites for hydroxylation is 1. The van der Waals surface area contributed by atoms with E-state index < -0.39 is 0 Å². The highest BCUT2D eigenvalue weighted by atomic mass is 16.5. The van der Waals surface area contributed by atoms with E-state index in [2.05, 4.69) is 30.4 Å². The second kappa shape index (κ2) is 6.21. The van der Waals surface area contributed by atoms with Gasteiger partial charge in [0.25, 0.3) is 0 Å². The molecular weight excluding hydrogens is 226 g/mol. The molecule has 2 rings (SSSR count). The molecule has 1 aliphatic rings. The number of rotatable bonds is 8. The number of benzene rings is 1. The molecule has 100 valence electrons. The molecule has 0 aliphatic heterocycles. The summed E-state index contributed by atoms with van der Waals surface area (Å²) in [6, 6.07) is 8.34. The third kappa shape index (κ3) is 3.47. The van der Waals surface area contributed by atoms with Crippen molar-refractivity contribution in [3.05, 3.63) is 29.8 Å². The fourth-order valence-corrected chi connectivity index (χ4v) is 2.07. The van der Waals surface area contributed by atoms with Crippen molar-refractivity contribution in [3.63, 3.8) is 0 Å². The van der Waals surface area contributed by atoms with Crippen LogP contribution in [0.4, 0.5) is 0 Å². The van der Waals surface area contributed by atoms with Gasteiger partial charge in [-0.3, -0.25) is 0 Å². The fraction of sp³-hybridized carbons (Fsp3) is 0.600. The Balaban J connectivity index is 1.88. The van der Waals surface area contributed by atoms with Gasteiger partial charge in [0, 0.05) is 20.2 Å². The van der Waals surface area contributed by atoms with Crippen molar-refractivity contribution in [1.82, 2.24) is 5.32 Å². The van der Waals surface area contributed by atoms with Crippen LogP contribution in [0.1, 0.15) is 25.3 Å². The summed E-state index contributed by atoms with van der Waals surface area (Å²) in [6.07, 6.45) is 3.30. The van der Waals surface area contributed by atoms with Gasteiger partial charge in [-0.15, -0.1) is 0 Å². The second-order valence-corrected chi connectivity index (χ2v) is 4.92. The standard InChI is InChI=1S/C15H23NO2/c1-3-13-6-4-5-7-14(13)18-15(8-9-15)12-16-10-11-17-2/h4-7,16H,3,8-12H2,1-2H3. The van der Waals surface area contributed by atoms with Crippen molar-refractivity contribution in [2.75, 3.05) is 26.8 Å². The molecule has 0 amide bonds. The Kier molecular flexibility index (Phi) is 4.61. The van der Waals surface area contributed by atoms with Crippen LogP contribution in [-0.4, -0.2) is 32.4 Å². The summed E-state index contributed by atoms with van der Waals surface area (Å²) in [5.41, 5.74) is 1.32. The summed E-state index contributed by atoms with van der Waals surface area (Å²) in [4.78, 5) is 0. The van der Waals surface area contributed by atoms with E-state index in [1.54, 1.807) is 7.11 Å². The maximum absolute atomic E-state index is 6.21. The van der Waals surface area contributed by atoms with Crippen LogP contribution in [0.25, 0.3) is 0 Å². The van der Waals surface area contributed by atoms with Gasteiger partial charge in [0.15, 0.2) is 0 Å². The first-order chi connectivity index (χ1) is 8.79. The number of methoxy groups -OCH3 is 1. The van der Waals surface area contributed by atoms with Gasteiger partial charge in [0.1, 0.15) is 11.4 Å². The third-order valence-corrected chi connectivity index (χ3v) is 3.42. The van der Waals surface area contributed by atoms with E-state index in [0.717, 1.165) is 44.7 Å². The largest absolute Gasteiger partial charge is 0.486 e. The Morgan fingerprint density at radius 3 is 2.72 bits per heavy atom. The first kappa shape index (κ1) is 13.4. The molecule has 1 fully saturated rings. The molecule has 3 heteroatoms. The number of hydrogen-bond acceptors (Lipinski definition) is 3. The van der Waals surface area contributed by atoms with Crippen LogP contribution in [0.5, 0.6) is 5.75 Å². The molecule has 0 radical (unpaired) electrons. The average Bonchev–Trinajstić information content (AvgIpc) is 3.16. The molecule has 1 aliphatic carbocycles.